The smallest absolute Gasteiger partial charge is 0.253 e. The lowest BCUT2D eigenvalue weighted by Gasteiger charge is -2.30. The number of rotatable bonds is 6. The van der Waals surface area contributed by atoms with Crippen LogP contribution in [-0.2, 0) is 11.3 Å². The summed E-state index contributed by atoms with van der Waals surface area (Å²) in [6, 6.07) is 4.58. The Bertz CT molecular complexity index is 858. The second-order valence-corrected chi connectivity index (χ2v) is 8.68. The highest BCUT2D eigenvalue weighted by molar-refractivity contribution is 7.13. The first-order valence-electron chi connectivity index (χ1n) is 9.10. The second-order valence-electron chi connectivity index (χ2n) is 6.98. The van der Waals surface area contributed by atoms with Crippen LogP contribution < -0.4 is 10.6 Å². The lowest BCUT2D eigenvalue weighted by molar-refractivity contribution is -0.115. The maximum Gasteiger partial charge on any atom is 0.253 e. The summed E-state index contributed by atoms with van der Waals surface area (Å²) in [5.41, 5.74) is 1.22. The largest absolute Gasteiger partial charge is 0.343 e. The van der Waals surface area contributed by atoms with E-state index in [0.29, 0.717) is 16.1 Å². The lowest BCUT2D eigenvalue weighted by atomic mass is 10.0. The third-order valence-corrected chi connectivity index (χ3v) is 5.86. The van der Waals surface area contributed by atoms with Gasteiger partial charge >= 0.3 is 0 Å². The van der Waals surface area contributed by atoms with E-state index in [9.17, 15) is 9.59 Å². The predicted octanol–water partition coefficient (Wildman–Crippen LogP) is 4.05. The summed E-state index contributed by atoms with van der Waals surface area (Å²) in [5.74, 6) is -0.0638. The SMILES string of the molecule is C[C@@H]1CCCN(Cc2csc(NC(=O)CNC(=O)c3ccc(Cl)cc3Cl)n2)C1. The summed E-state index contributed by atoms with van der Waals surface area (Å²) in [6.45, 7) is 5.06. The first-order valence-corrected chi connectivity index (χ1v) is 10.7. The molecule has 2 N–H and O–H groups in total. The van der Waals surface area contributed by atoms with Crippen LogP contribution in [-0.4, -0.2) is 41.3 Å². The molecule has 2 amide bonds. The Hall–Kier alpha value is -1.67. The van der Waals surface area contributed by atoms with E-state index in [4.69, 9.17) is 23.2 Å². The van der Waals surface area contributed by atoms with Crippen LogP contribution in [0.5, 0.6) is 0 Å². The van der Waals surface area contributed by atoms with E-state index >= 15 is 0 Å². The topological polar surface area (TPSA) is 74.3 Å². The fraction of sp³-hybridized carbons (Fsp3) is 0.421. The molecule has 1 aliphatic heterocycles. The van der Waals surface area contributed by atoms with Gasteiger partial charge in [-0.2, -0.15) is 0 Å². The average molecular weight is 441 g/mol. The number of hydrogen-bond donors (Lipinski definition) is 2. The van der Waals surface area contributed by atoms with Crippen molar-refractivity contribution < 1.29 is 9.59 Å². The van der Waals surface area contributed by atoms with Gasteiger partial charge in [0.15, 0.2) is 5.13 Å². The molecule has 6 nitrogen and oxygen atoms in total. The number of thiazole rings is 1. The molecular weight excluding hydrogens is 419 g/mol. The van der Waals surface area contributed by atoms with Gasteiger partial charge in [0, 0.05) is 23.5 Å². The van der Waals surface area contributed by atoms with E-state index in [0.717, 1.165) is 25.3 Å². The summed E-state index contributed by atoms with van der Waals surface area (Å²) in [4.78, 5) is 31.1. The van der Waals surface area contributed by atoms with Gasteiger partial charge in [0.25, 0.3) is 5.91 Å². The normalized spacial score (nSPS) is 17.3. The molecule has 0 bridgehead atoms. The van der Waals surface area contributed by atoms with E-state index in [2.05, 4.69) is 27.4 Å². The Kier molecular flexibility index (Phi) is 7.29. The van der Waals surface area contributed by atoms with Gasteiger partial charge in [0.1, 0.15) is 0 Å². The molecule has 1 aromatic heterocycles. The fourth-order valence-electron chi connectivity index (χ4n) is 3.19. The van der Waals surface area contributed by atoms with Gasteiger partial charge in [-0.25, -0.2) is 4.98 Å². The zero-order valence-corrected chi connectivity index (χ0v) is 17.8. The fourth-order valence-corrected chi connectivity index (χ4v) is 4.40. The molecule has 0 radical (unpaired) electrons. The molecule has 1 aliphatic rings. The lowest BCUT2D eigenvalue weighted by Crippen LogP contribution is -2.34. The standard InChI is InChI=1S/C19H22Cl2N4O2S/c1-12-3-2-6-25(9-12)10-14-11-28-19(23-14)24-17(26)8-22-18(27)15-5-4-13(20)7-16(15)21/h4-5,7,11-12H,2-3,6,8-10H2,1H3,(H,22,27)(H,23,24,26)/t12-/m1/s1. The van der Waals surface area contributed by atoms with E-state index < -0.39 is 5.91 Å². The van der Waals surface area contributed by atoms with Crippen LogP contribution in [0.25, 0.3) is 0 Å². The van der Waals surface area contributed by atoms with Crippen molar-refractivity contribution in [2.24, 2.45) is 5.92 Å². The minimum atomic E-state index is -0.434. The number of hydrogen-bond acceptors (Lipinski definition) is 5. The number of halogens is 2. The van der Waals surface area contributed by atoms with Gasteiger partial charge in [-0.15, -0.1) is 11.3 Å². The third-order valence-electron chi connectivity index (χ3n) is 4.51. The maximum absolute atomic E-state index is 12.1. The Morgan fingerprint density at radius 2 is 2.18 bits per heavy atom. The number of piperidine rings is 1. The van der Waals surface area contributed by atoms with Crippen molar-refractivity contribution in [1.82, 2.24) is 15.2 Å². The first-order chi connectivity index (χ1) is 13.4. The Balaban J connectivity index is 1.47. The summed E-state index contributed by atoms with van der Waals surface area (Å²) in [7, 11) is 0. The molecule has 1 saturated heterocycles. The number of amides is 2. The van der Waals surface area contributed by atoms with Crippen molar-refractivity contribution >= 4 is 51.5 Å². The van der Waals surface area contributed by atoms with Crippen LogP contribution in [0.1, 0.15) is 35.8 Å². The summed E-state index contributed by atoms with van der Waals surface area (Å²) >= 11 is 13.2. The number of nitrogens with one attached hydrogen (secondary N) is 2. The number of likely N-dealkylation sites (tertiary alicyclic amines) is 1. The number of benzene rings is 1. The Morgan fingerprint density at radius 1 is 1.36 bits per heavy atom. The Morgan fingerprint density at radius 3 is 2.93 bits per heavy atom. The van der Waals surface area contributed by atoms with Gasteiger partial charge in [-0.05, 0) is 43.5 Å². The van der Waals surface area contributed by atoms with Gasteiger partial charge < -0.3 is 10.6 Å². The molecule has 0 aliphatic carbocycles. The molecule has 0 saturated carbocycles. The minimum absolute atomic E-state index is 0.170. The van der Waals surface area contributed by atoms with Crippen LogP contribution in [0, 0.1) is 5.92 Å². The van der Waals surface area contributed by atoms with E-state index in [1.54, 1.807) is 6.07 Å². The van der Waals surface area contributed by atoms with Crippen LogP contribution >= 0.6 is 34.5 Å². The minimum Gasteiger partial charge on any atom is -0.343 e. The van der Waals surface area contributed by atoms with E-state index in [1.165, 1.54) is 36.3 Å². The third kappa shape index (κ3) is 5.91. The highest BCUT2D eigenvalue weighted by Crippen LogP contribution is 2.22. The van der Waals surface area contributed by atoms with Gasteiger partial charge in [-0.1, -0.05) is 30.1 Å². The Labute approximate surface area is 178 Å². The van der Waals surface area contributed by atoms with Gasteiger partial charge in [0.2, 0.25) is 5.91 Å². The molecule has 28 heavy (non-hydrogen) atoms. The summed E-state index contributed by atoms with van der Waals surface area (Å²) < 4.78 is 0. The highest BCUT2D eigenvalue weighted by atomic mass is 35.5. The molecule has 2 aromatic rings. The molecule has 1 atom stereocenters. The first kappa shape index (κ1) is 21.0. The molecule has 1 aromatic carbocycles. The molecule has 150 valence electrons. The van der Waals surface area contributed by atoms with Crippen LogP contribution in [0.4, 0.5) is 5.13 Å². The number of carbonyl (C=O) groups excluding carboxylic acids is 2. The average Bonchev–Trinajstić information content (AvgIpc) is 3.06. The molecule has 1 fully saturated rings. The van der Waals surface area contributed by atoms with Gasteiger partial charge in [-0.3, -0.25) is 14.5 Å². The predicted molar refractivity (Wildman–Crippen MR) is 113 cm³/mol. The number of anilines is 1. The van der Waals surface area contributed by atoms with E-state index in [1.807, 2.05) is 5.38 Å². The van der Waals surface area contributed by atoms with Crippen LogP contribution in [0.15, 0.2) is 23.6 Å². The van der Waals surface area contributed by atoms with Crippen LogP contribution in [0.2, 0.25) is 10.0 Å². The molecule has 0 unspecified atom stereocenters. The number of nitrogens with zero attached hydrogens (tertiary/aromatic N) is 2. The summed E-state index contributed by atoms with van der Waals surface area (Å²) in [6.07, 6.45) is 2.49. The maximum atomic E-state index is 12.1. The molecule has 0 spiro atoms. The van der Waals surface area contributed by atoms with Gasteiger partial charge in [0.05, 0.1) is 22.8 Å². The zero-order chi connectivity index (χ0) is 20.1. The number of aromatic nitrogens is 1. The van der Waals surface area contributed by atoms with Crippen molar-refractivity contribution in [3.63, 3.8) is 0 Å². The van der Waals surface area contributed by atoms with Crippen molar-refractivity contribution in [3.8, 4) is 0 Å². The monoisotopic (exact) mass is 440 g/mol. The van der Waals surface area contributed by atoms with E-state index in [-0.39, 0.29) is 23.0 Å². The highest BCUT2D eigenvalue weighted by Gasteiger charge is 2.18. The molecular formula is C19H22Cl2N4O2S. The van der Waals surface area contributed by atoms with Crippen molar-refractivity contribution in [2.45, 2.75) is 26.3 Å². The number of carbonyl (C=O) groups is 2. The van der Waals surface area contributed by atoms with Crippen molar-refractivity contribution in [3.05, 3.63) is 44.9 Å². The second kappa shape index (κ2) is 9.69. The molecule has 2 heterocycles. The van der Waals surface area contributed by atoms with Crippen LogP contribution in [0.3, 0.4) is 0 Å². The van der Waals surface area contributed by atoms with Crippen molar-refractivity contribution in [1.29, 1.82) is 0 Å². The quantitative estimate of drug-likeness (QED) is 0.710. The zero-order valence-electron chi connectivity index (χ0n) is 15.5. The molecule has 3 rings (SSSR count). The molecule has 9 heteroatoms. The summed E-state index contributed by atoms with van der Waals surface area (Å²) in [5, 5.41) is 8.44. The van der Waals surface area contributed by atoms with Crippen molar-refractivity contribution in [2.75, 3.05) is 25.0 Å².